The van der Waals surface area contributed by atoms with Crippen molar-refractivity contribution in [1.82, 2.24) is 9.80 Å². The molecule has 2 saturated heterocycles. The number of ether oxygens (including phenoxy) is 1. The fourth-order valence-electron chi connectivity index (χ4n) is 3.65. The Kier molecular flexibility index (Phi) is 4.64. The normalized spacial score (nSPS) is 34.8. The summed E-state index contributed by atoms with van der Waals surface area (Å²) in [6, 6.07) is 0.766. The van der Waals surface area contributed by atoms with Gasteiger partial charge in [-0.1, -0.05) is 0 Å². The second-order valence-corrected chi connectivity index (χ2v) is 6.14. The second-order valence-electron chi connectivity index (χ2n) is 6.14. The number of nitrogens with zero attached hydrogens (tertiary/aromatic N) is 2. The van der Waals surface area contributed by atoms with E-state index in [2.05, 4.69) is 23.8 Å². The van der Waals surface area contributed by atoms with Gasteiger partial charge in [0.05, 0.1) is 6.10 Å². The van der Waals surface area contributed by atoms with Crippen LogP contribution in [0.3, 0.4) is 0 Å². The van der Waals surface area contributed by atoms with Crippen molar-refractivity contribution < 1.29 is 4.74 Å². The molecule has 0 aliphatic carbocycles. The predicted octanol–water partition coefficient (Wildman–Crippen LogP) is 0.909. The van der Waals surface area contributed by atoms with Crippen LogP contribution in [0.4, 0.5) is 0 Å². The van der Waals surface area contributed by atoms with E-state index in [0.29, 0.717) is 0 Å². The molecule has 106 valence electrons. The second kappa shape index (κ2) is 5.87. The molecule has 0 bridgehead atoms. The lowest BCUT2D eigenvalue weighted by molar-refractivity contribution is -0.00588. The molecule has 2 aliphatic rings. The summed E-state index contributed by atoms with van der Waals surface area (Å²) in [5, 5.41) is 0. The van der Waals surface area contributed by atoms with E-state index in [0.717, 1.165) is 19.1 Å². The highest BCUT2D eigenvalue weighted by Crippen LogP contribution is 2.35. The van der Waals surface area contributed by atoms with Crippen LogP contribution >= 0.6 is 0 Å². The molecule has 0 spiro atoms. The zero-order chi connectivity index (χ0) is 13.2. The van der Waals surface area contributed by atoms with Gasteiger partial charge in [0.1, 0.15) is 0 Å². The first-order chi connectivity index (χ1) is 8.61. The van der Waals surface area contributed by atoms with Gasteiger partial charge < -0.3 is 15.4 Å². The number of piperidine rings is 1. The van der Waals surface area contributed by atoms with Crippen LogP contribution in [-0.4, -0.2) is 67.8 Å². The van der Waals surface area contributed by atoms with Gasteiger partial charge in [-0.2, -0.15) is 0 Å². The van der Waals surface area contributed by atoms with E-state index in [9.17, 15) is 0 Å². The average molecular weight is 255 g/mol. The van der Waals surface area contributed by atoms with Gasteiger partial charge in [-0.05, 0) is 46.2 Å². The SMILES string of the molecule is COC(C)CN(C)C1(CN)CCN2CCCC2C1. The van der Waals surface area contributed by atoms with Crippen molar-refractivity contribution in [3.63, 3.8) is 0 Å². The number of likely N-dealkylation sites (N-methyl/N-ethyl adjacent to an activating group) is 1. The van der Waals surface area contributed by atoms with E-state index in [1.807, 2.05) is 0 Å². The number of methoxy groups -OCH3 is 1. The van der Waals surface area contributed by atoms with Crippen molar-refractivity contribution >= 4 is 0 Å². The molecule has 3 atom stereocenters. The van der Waals surface area contributed by atoms with Crippen LogP contribution in [0.15, 0.2) is 0 Å². The Hall–Kier alpha value is -0.160. The monoisotopic (exact) mass is 255 g/mol. The van der Waals surface area contributed by atoms with E-state index in [-0.39, 0.29) is 11.6 Å². The van der Waals surface area contributed by atoms with Gasteiger partial charge in [0.15, 0.2) is 0 Å². The Bertz CT molecular complexity index is 274. The van der Waals surface area contributed by atoms with E-state index < -0.39 is 0 Å². The van der Waals surface area contributed by atoms with Crippen molar-refractivity contribution in [1.29, 1.82) is 0 Å². The molecule has 3 unspecified atom stereocenters. The predicted molar refractivity (Wildman–Crippen MR) is 74.7 cm³/mol. The molecule has 2 N–H and O–H groups in total. The van der Waals surface area contributed by atoms with Crippen LogP contribution in [0.2, 0.25) is 0 Å². The Balaban J connectivity index is 2.01. The molecule has 4 nitrogen and oxygen atoms in total. The average Bonchev–Trinajstić information content (AvgIpc) is 2.84. The minimum atomic E-state index is 0.193. The largest absolute Gasteiger partial charge is 0.380 e. The number of hydrogen-bond acceptors (Lipinski definition) is 4. The van der Waals surface area contributed by atoms with Crippen LogP contribution in [0.5, 0.6) is 0 Å². The molecular weight excluding hydrogens is 226 g/mol. The molecule has 2 heterocycles. The van der Waals surface area contributed by atoms with Crippen LogP contribution < -0.4 is 5.73 Å². The molecule has 0 aromatic rings. The first kappa shape index (κ1) is 14.3. The van der Waals surface area contributed by atoms with Gasteiger partial charge >= 0.3 is 0 Å². The van der Waals surface area contributed by atoms with E-state index in [1.165, 1.54) is 38.8 Å². The summed E-state index contributed by atoms with van der Waals surface area (Å²) in [6.07, 6.45) is 5.43. The smallest absolute Gasteiger partial charge is 0.0670 e. The summed E-state index contributed by atoms with van der Waals surface area (Å²) in [5.74, 6) is 0. The molecule has 0 radical (unpaired) electrons. The Morgan fingerprint density at radius 1 is 1.50 bits per heavy atom. The van der Waals surface area contributed by atoms with Gasteiger partial charge in [0, 0.05) is 38.3 Å². The van der Waals surface area contributed by atoms with Gasteiger partial charge in [-0.25, -0.2) is 0 Å². The summed E-state index contributed by atoms with van der Waals surface area (Å²) < 4.78 is 5.39. The zero-order valence-corrected chi connectivity index (χ0v) is 12.2. The molecule has 0 amide bonds. The van der Waals surface area contributed by atoms with Crippen molar-refractivity contribution in [3.05, 3.63) is 0 Å². The first-order valence-electron chi connectivity index (χ1n) is 7.29. The minimum absolute atomic E-state index is 0.193. The zero-order valence-electron chi connectivity index (χ0n) is 12.2. The molecular formula is C14H29N3O. The molecule has 2 aliphatic heterocycles. The van der Waals surface area contributed by atoms with Gasteiger partial charge in [-0.15, -0.1) is 0 Å². The quantitative estimate of drug-likeness (QED) is 0.793. The highest BCUT2D eigenvalue weighted by molar-refractivity contribution is 5.01. The first-order valence-corrected chi connectivity index (χ1v) is 7.29. The third-order valence-electron chi connectivity index (χ3n) is 5.10. The molecule has 4 heteroatoms. The van der Waals surface area contributed by atoms with Crippen molar-refractivity contribution in [2.24, 2.45) is 5.73 Å². The van der Waals surface area contributed by atoms with E-state index >= 15 is 0 Å². The lowest BCUT2D eigenvalue weighted by Crippen LogP contribution is -2.60. The number of nitrogens with two attached hydrogens (primary N) is 1. The topological polar surface area (TPSA) is 41.7 Å². The minimum Gasteiger partial charge on any atom is -0.380 e. The Morgan fingerprint density at radius 3 is 2.94 bits per heavy atom. The molecule has 2 fully saturated rings. The summed E-state index contributed by atoms with van der Waals surface area (Å²) in [4.78, 5) is 5.11. The van der Waals surface area contributed by atoms with Gasteiger partial charge in [0.25, 0.3) is 0 Å². The Labute approximate surface area is 111 Å². The number of hydrogen-bond donors (Lipinski definition) is 1. The Morgan fingerprint density at radius 2 is 2.28 bits per heavy atom. The standard InChI is InChI=1S/C14H29N3O/c1-12(18-3)10-16(2)14(11-15)6-8-17-7-4-5-13(17)9-14/h12-13H,4-11,15H2,1-3H3. The fourth-order valence-corrected chi connectivity index (χ4v) is 3.65. The van der Waals surface area contributed by atoms with Crippen LogP contribution in [-0.2, 0) is 4.74 Å². The highest BCUT2D eigenvalue weighted by atomic mass is 16.5. The third kappa shape index (κ3) is 2.72. The van der Waals surface area contributed by atoms with Crippen molar-refractivity contribution in [3.8, 4) is 0 Å². The van der Waals surface area contributed by atoms with Crippen LogP contribution in [0.1, 0.15) is 32.6 Å². The molecule has 18 heavy (non-hydrogen) atoms. The fraction of sp³-hybridized carbons (Fsp3) is 1.00. The maximum Gasteiger partial charge on any atom is 0.0670 e. The number of rotatable bonds is 5. The van der Waals surface area contributed by atoms with E-state index in [4.69, 9.17) is 10.5 Å². The van der Waals surface area contributed by atoms with E-state index in [1.54, 1.807) is 7.11 Å². The van der Waals surface area contributed by atoms with Crippen LogP contribution in [0, 0.1) is 0 Å². The summed E-state index contributed by atoms with van der Waals surface area (Å²) in [6.45, 7) is 6.38. The molecule has 0 aromatic carbocycles. The molecule has 0 aromatic heterocycles. The highest BCUT2D eigenvalue weighted by Gasteiger charge is 2.43. The summed E-state index contributed by atoms with van der Waals surface area (Å²) >= 11 is 0. The maximum atomic E-state index is 6.14. The lowest BCUT2D eigenvalue weighted by atomic mass is 9.81. The van der Waals surface area contributed by atoms with Gasteiger partial charge in [-0.3, -0.25) is 4.90 Å². The van der Waals surface area contributed by atoms with Crippen LogP contribution in [0.25, 0.3) is 0 Å². The van der Waals surface area contributed by atoms with Crippen molar-refractivity contribution in [2.45, 2.75) is 50.3 Å². The summed E-state index contributed by atoms with van der Waals surface area (Å²) in [7, 11) is 4.00. The third-order valence-corrected chi connectivity index (χ3v) is 5.10. The lowest BCUT2D eigenvalue weighted by Gasteiger charge is -2.49. The van der Waals surface area contributed by atoms with Gasteiger partial charge in [0.2, 0.25) is 0 Å². The molecule has 2 rings (SSSR count). The van der Waals surface area contributed by atoms with Crippen molar-refractivity contribution in [2.75, 3.05) is 40.3 Å². The summed E-state index contributed by atoms with van der Waals surface area (Å²) in [5.41, 5.74) is 6.33. The number of fused-ring (bicyclic) bond motifs is 1. The molecule has 0 saturated carbocycles. The maximum absolute atomic E-state index is 6.14.